The minimum Gasteiger partial charge on any atom is -0.454 e. The molecule has 0 spiro atoms. The maximum absolute atomic E-state index is 12.8. The third-order valence-corrected chi connectivity index (χ3v) is 4.90. The number of halogens is 2. The lowest BCUT2D eigenvalue weighted by Crippen LogP contribution is -2.40. The molecule has 1 unspecified atom stereocenters. The lowest BCUT2D eigenvalue weighted by Gasteiger charge is -2.16. The second-order valence-electron chi connectivity index (χ2n) is 6.82. The van der Waals surface area contributed by atoms with E-state index in [2.05, 4.69) is 32.2 Å². The summed E-state index contributed by atoms with van der Waals surface area (Å²) in [7, 11) is 0. The molecular weight excluding hydrogens is 370 g/mol. The summed E-state index contributed by atoms with van der Waals surface area (Å²) in [6, 6.07) is 3.07. The molecule has 0 radical (unpaired) electrons. The van der Waals surface area contributed by atoms with Crippen LogP contribution < -0.4 is 24.8 Å². The van der Waals surface area contributed by atoms with Gasteiger partial charge in [0, 0.05) is 31.3 Å². The lowest BCUT2D eigenvalue weighted by atomic mass is 10.1. The van der Waals surface area contributed by atoms with E-state index in [4.69, 9.17) is 9.47 Å². The Balaban J connectivity index is 1.66. The Morgan fingerprint density at radius 3 is 2.75 bits per heavy atom. The van der Waals surface area contributed by atoms with Crippen LogP contribution in [0, 0.1) is 5.92 Å². The fourth-order valence-corrected chi connectivity index (χ4v) is 3.41. The molecule has 156 valence electrons. The molecule has 1 fully saturated rings. The first-order valence-electron chi connectivity index (χ1n) is 9.70. The van der Waals surface area contributed by atoms with Gasteiger partial charge in [0.25, 0.3) is 0 Å². The molecule has 1 aromatic rings. The highest BCUT2D eigenvalue weighted by molar-refractivity contribution is 5.79. The van der Waals surface area contributed by atoms with Crippen LogP contribution in [0.2, 0.25) is 0 Å². The van der Waals surface area contributed by atoms with Gasteiger partial charge in [0.15, 0.2) is 17.5 Å². The average Bonchev–Trinajstić information content (AvgIpc) is 3.32. The SMILES string of the molecule is CCNC(=NCc1cc2c(cc1OC(F)F)OCO2)NCC1CCN(CC)C1. The molecule has 0 amide bonds. The Morgan fingerprint density at radius 2 is 2.07 bits per heavy atom. The number of nitrogens with one attached hydrogen (secondary N) is 2. The maximum Gasteiger partial charge on any atom is 0.387 e. The van der Waals surface area contributed by atoms with Crippen LogP contribution in [0.15, 0.2) is 17.1 Å². The second-order valence-corrected chi connectivity index (χ2v) is 6.82. The molecule has 1 saturated heterocycles. The number of benzene rings is 1. The van der Waals surface area contributed by atoms with Crippen molar-refractivity contribution < 1.29 is 23.0 Å². The first-order valence-corrected chi connectivity index (χ1v) is 9.70. The monoisotopic (exact) mass is 398 g/mol. The molecule has 7 nitrogen and oxygen atoms in total. The van der Waals surface area contributed by atoms with Gasteiger partial charge in [0.05, 0.1) is 6.54 Å². The van der Waals surface area contributed by atoms with Gasteiger partial charge in [-0.1, -0.05) is 6.92 Å². The maximum atomic E-state index is 12.8. The molecule has 0 aromatic heterocycles. The second kappa shape index (κ2) is 9.77. The summed E-state index contributed by atoms with van der Waals surface area (Å²) in [5, 5.41) is 6.55. The smallest absolute Gasteiger partial charge is 0.387 e. The fourth-order valence-electron chi connectivity index (χ4n) is 3.41. The molecule has 1 atom stereocenters. The van der Waals surface area contributed by atoms with Crippen LogP contribution in [0.5, 0.6) is 17.2 Å². The normalized spacial score (nSPS) is 19.3. The van der Waals surface area contributed by atoms with E-state index in [-0.39, 0.29) is 19.1 Å². The Morgan fingerprint density at radius 1 is 1.29 bits per heavy atom. The largest absolute Gasteiger partial charge is 0.454 e. The number of alkyl halides is 2. The Kier molecular flexibility index (Phi) is 7.13. The Bertz CT molecular complexity index is 687. The average molecular weight is 398 g/mol. The van der Waals surface area contributed by atoms with Gasteiger partial charge in [0.2, 0.25) is 6.79 Å². The summed E-state index contributed by atoms with van der Waals surface area (Å²) in [6.07, 6.45) is 1.16. The number of likely N-dealkylation sites (tertiary alicyclic amines) is 1. The summed E-state index contributed by atoms with van der Waals surface area (Å²) in [5.74, 6) is 2.18. The van der Waals surface area contributed by atoms with Crippen molar-refractivity contribution in [1.29, 1.82) is 0 Å². The van der Waals surface area contributed by atoms with Gasteiger partial charge in [-0.2, -0.15) is 8.78 Å². The number of hydrogen-bond acceptors (Lipinski definition) is 5. The van der Waals surface area contributed by atoms with Crippen LogP contribution in [0.3, 0.4) is 0 Å². The lowest BCUT2D eigenvalue weighted by molar-refractivity contribution is -0.0505. The Labute approximate surface area is 164 Å². The number of guanidine groups is 1. The number of hydrogen-bond donors (Lipinski definition) is 2. The molecule has 3 rings (SSSR count). The van der Waals surface area contributed by atoms with Crippen molar-refractivity contribution in [3.8, 4) is 17.2 Å². The topological polar surface area (TPSA) is 67.4 Å². The summed E-state index contributed by atoms with van der Waals surface area (Å²) in [5.41, 5.74) is 0.514. The number of fused-ring (bicyclic) bond motifs is 1. The zero-order valence-electron chi connectivity index (χ0n) is 16.3. The molecule has 2 N–H and O–H groups in total. The van der Waals surface area contributed by atoms with E-state index in [1.165, 1.54) is 6.07 Å². The van der Waals surface area contributed by atoms with Gasteiger partial charge in [-0.05, 0) is 38.4 Å². The van der Waals surface area contributed by atoms with Crippen molar-refractivity contribution in [3.05, 3.63) is 17.7 Å². The van der Waals surface area contributed by atoms with E-state index in [1.54, 1.807) is 6.07 Å². The number of aliphatic imine (C=N–C) groups is 1. The summed E-state index contributed by atoms with van der Waals surface area (Å²) < 4.78 is 40.8. The molecule has 28 heavy (non-hydrogen) atoms. The summed E-state index contributed by atoms with van der Waals surface area (Å²) in [6.45, 7) is 6.29. The van der Waals surface area contributed by atoms with Gasteiger partial charge in [-0.3, -0.25) is 0 Å². The molecule has 2 aliphatic heterocycles. The van der Waals surface area contributed by atoms with Crippen LogP contribution in [-0.2, 0) is 6.54 Å². The van der Waals surface area contributed by atoms with Crippen LogP contribution in [0.4, 0.5) is 8.78 Å². The predicted molar refractivity (Wildman–Crippen MR) is 102 cm³/mol. The van der Waals surface area contributed by atoms with Crippen molar-refractivity contribution in [3.63, 3.8) is 0 Å². The Hall–Kier alpha value is -2.29. The minimum absolute atomic E-state index is 0.0493. The van der Waals surface area contributed by atoms with E-state index in [0.717, 1.165) is 32.6 Å². The third kappa shape index (κ3) is 5.37. The number of ether oxygens (including phenoxy) is 3. The number of rotatable bonds is 8. The van der Waals surface area contributed by atoms with Crippen LogP contribution >= 0.6 is 0 Å². The molecule has 9 heteroatoms. The highest BCUT2D eigenvalue weighted by atomic mass is 19.3. The molecular formula is C19H28F2N4O3. The van der Waals surface area contributed by atoms with Crippen molar-refractivity contribution in [2.75, 3.05) is 39.5 Å². The first-order chi connectivity index (χ1) is 13.6. The first kappa shape index (κ1) is 20.4. The van der Waals surface area contributed by atoms with Crippen molar-refractivity contribution >= 4 is 5.96 Å². The van der Waals surface area contributed by atoms with Crippen molar-refractivity contribution in [2.45, 2.75) is 33.4 Å². The summed E-state index contributed by atoms with van der Waals surface area (Å²) >= 11 is 0. The zero-order chi connectivity index (χ0) is 19.9. The molecule has 0 bridgehead atoms. The zero-order valence-corrected chi connectivity index (χ0v) is 16.3. The van der Waals surface area contributed by atoms with E-state index in [0.29, 0.717) is 35.5 Å². The van der Waals surface area contributed by atoms with Gasteiger partial charge < -0.3 is 29.7 Å². The third-order valence-electron chi connectivity index (χ3n) is 4.90. The highest BCUT2D eigenvalue weighted by Crippen LogP contribution is 2.39. The molecule has 0 saturated carbocycles. The predicted octanol–water partition coefficient (Wildman–Crippen LogP) is 2.41. The van der Waals surface area contributed by atoms with Crippen LogP contribution in [-0.4, -0.2) is 57.0 Å². The van der Waals surface area contributed by atoms with E-state index < -0.39 is 6.61 Å². The molecule has 2 heterocycles. The quantitative estimate of drug-likeness (QED) is 0.518. The van der Waals surface area contributed by atoms with E-state index in [1.807, 2.05) is 6.92 Å². The molecule has 2 aliphatic rings. The molecule has 0 aliphatic carbocycles. The van der Waals surface area contributed by atoms with Crippen LogP contribution in [0.25, 0.3) is 0 Å². The number of nitrogens with zero attached hydrogens (tertiary/aromatic N) is 2. The van der Waals surface area contributed by atoms with E-state index in [9.17, 15) is 8.78 Å². The minimum atomic E-state index is -2.92. The van der Waals surface area contributed by atoms with E-state index >= 15 is 0 Å². The fraction of sp³-hybridized carbons (Fsp3) is 0.632. The van der Waals surface area contributed by atoms with Gasteiger partial charge in [-0.25, -0.2) is 4.99 Å². The van der Waals surface area contributed by atoms with Gasteiger partial charge in [0.1, 0.15) is 5.75 Å². The van der Waals surface area contributed by atoms with Crippen LogP contribution in [0.1, 0.15) is 25.8 Å². The standard InChI is InChI=1S/C19H28F2N4O3/c1-3-22-19(23-9-13-5-6-25(4-2)11-13)24-10-14-7-16-17(27-12-26-16)8-15(14)28-18(20)21/h7-8,13,18H,3-6,9-12H2,1-2H3,(H2,22,23,24). The molecule has 1 aromatic carbocycles. The van der Waals surface area contributed by atoms with Crippen molar-refractivity contribution in [1.82, 2.24) is 15.5 Å². The summed E-state index contributed by atoms with van der Waals surface area (Å²) in [4.78, 5) is 6.96. The highest BCUT2D eigenvalue weighted by Gasteiger charge is 2.22. The van der Waals surface area contributed by atoms with Crippen molar-refractivity contribution in [2.24, 2.45) is 10.9 Å². The van der Waals surface area contributed by atoms with Gasteiger partial charge >= 0.3 is 6.61 Å². The van der Waals surface area contributed by atoms with Gasteiger partial charge in [-0.15, -0.1) is 0 Å².